The van der Waals surface area contributed by atoms with Gasteiger partial charge in [-0.1, -0.05) is 24.6 Å². The van der Waals surface area contributed by atoms with Gasteiger partial charge in [0, 0.05) is 18.1 Å². The number of nitrogens with zero attached hydrogens (tertiary/aromatic N) is 1. The summed E-state index contributed by atoms with van der Waals surface area (Å²) in [4.78, 5) is 14.0. The molecule has 1 N–H and O–H groups in total. The summed E-state index contributed by atoms with van der Waals surface area (Å²) in [6.45, 7) is 3.33. The van der Waals surface area contributed by atoms with Crippen molar-refractivity contribution >= 4 is 17.5 Å². The SMILES string of the molecule is CCC(Oc1cccc(Cl)c1)C(=O)NCCN(C)C. The first-order valence-corrected chi connectivity index (χ1v) is 6.75. The van der Waals surface area contributed by atoms with Gasteiger partial charge in [-0.05, 0) is 38.7 Å². The van der Waals surface area contributed by atoms with Gasteiger partial charge in [0.1, 0.15) is 5.75 Å². The molecule has 5 heteroatoms. The van der Waals surface area contributed by atoms with E-state index in [1.54, 1.807) is 24.3 Å². The molecule has 0 radical (unpaired) electrons. The molecule has 4 nitrogen and oxygen atoms in total. The van der Waals surface area contributed by atoms with Crippen LogP contribution in [-0.2, 0) is 4.79 Å². The lowest BCUT2D eigenvalue weighted by Crippen LogP contribution is -2.40. The van der Waals surface area contributed by atoms with Crippen molar-refractivity contribution in [1.29, 1.82) is 0 Å². The molecule has 0 aromatic heterocycles. The maximum Gasteiger partial charge on any atom is 0.261 e. The second-order valence-electron chi connectivity index (χ2n) is 4.57. The number of likely N-dealkylation sites (N-methyl/N-ethyl adjacent to an activating group) is 1. The molecule has 0 saturated heterocycles. The normalized spacial score (nSPS) is 12.3. The molecule has 0 heterocycles. The number of hydrogen-bond acceptors (Lipinski definition) is 3. The van der Waals surface area contributed by atoms with Crippen molar-refractivity contribution in [2.24, 2.45) is 0 Å². The molecule has 0 aliphatic rings. The van der Waals surface area contributed by atoms with E-state index in [0.29, 0.717) is 23.7 Å². The first kappa shape index (κ1) is 15.8. The summed E-state index contributed by atoms with van der Waals surface area (Å²) in [5.41, 5.74) is 0. The largest absolute Gasteiger partial charge is 0.481 e. The highest BCUT2D eigenvalue weighted by molar-refractivity contribution is 6.30. The van der Waals surface area contributed by atoms with Crippen LogP contribution in [0.15, 0.2) is 24.3 Å². The summed E-state index contributed by atoms with van der Waals surface area (Å²) < 4.78 is 5.65. The van der Waals surface area contributed by atoms with E-state index in [-0.39, 0.29) is 5.91 Å². The van der Waals surface area contributed by atoms with Crippen molar-refractivity contribution in [1.82, 2.24) is 10.2 Å². The molecule has 19 heavy (non-hydrogen) atoms. The van der Waals surface area contributed by atoms with Crippen molar-refractivity contribution < 1.29 is 9.53 Å². The van der Waals surface area contributed by atoms with Gasteiger partial charge in [0.2, 0.25) is 0 Å². The molecule has 106 valence electrons. The van der Waals surface area contributed by atoms with Crippen molar-refractivity contribution in [2.75, 3.05) is 27.2 Å². The fraction of sp³-hybridized carbons (Fsp3) is 0.500. The van der Waals surface area contributed by atoms with Gasteiger partial charge in [-0.15, -0.1) is 0 Å². The number of halogens is 1. The van der Waals surface area contributed by atoms with Crippen LogP contribution in [0, 0.1) is 0 Å². The lowest BCUT2D eigenvalue weighted by molar-refractivity contribution is -0.128. The third kappa shape index (κ3) is 5.94. The van der Waals surface area contributed by atoms with Gasteiger partial charge < -0.3 is 15.0 Å². The van der Waals surface area contributed by atoms with Gasteiger partial charge in [-0.25, -0.2) is 0 Å². The molecule has 0 spiro atoms. The third-order valence-corrected chi connectivity index (χ3v) is 2.83. The van der Waals surface area contributed by atoms with Gasteiger partial charge in [-0.3, -0.25) is 4.79 Å². The fourth-order valence-corrected chi connectivity index (χ4v) is 1.72. The maximum absolute atomic E-state index is 12.0. The Balaban J connectivity index is 2.50. The summed E-state index contributed by atoms with van der Waals surface area (Å²) >= 11 is 5.88. The minimum Gasteiger partial charge on any atom is -0.481 e. The van der Waals surface area contributed by atoms with Gasteiger partial charge >= 0.3 is 0 Å². The van der Waals surface area contributed by atoms with E-state index >= 15 is 0 Å². The molecule has 1 rings (SSSR count). The van der Waals surface area contributed by atoms with Crippen LogP contribution in [-0.4, -0.2) is 44.1 Å². The molecule has 0 bridgehead atoms. The smallest absolute Gasteiger partial charge is 0.261 e. The number of hydrogen-bond donors (Lipinski definition) is 1. The predicted octanol–water partition coefficient (Wildman–Crippen LogP) is 2.18. The Morgan fingerprint density at radius 3 is 2.79 bits per heavy atom. The van der Waals surface area contributed by atoms with Gasteiger partial charge in [0.05, 0.1) is 0 Å². The molecule has 0 saturated carbocycles. The Bertz CT molecular complexity index is 410. The summed E-state index contributed by atoms with van der Waals surface area (Å²) in [5.74, 6) is 0.520. The van der Waals surface area contributed by atoms with Crippen molar-refractivity contribution in [2.45, 2.75) is 19.4 Å². The monoisotopic (exact) mass is 284 g/mol. The molecular formula is C14H21ClN2O2. The van der Waals surface area contributed by atoms with Crippen LogP contribution < -0.4 is 10.1 Å². The second-order valence-corrected chi connectivity index (χ2v) is 5.00. The van der Waals surface area contributed by atoms with E-state index in [1.807, 2.05) is 25.9 Å². The predicted molar refractivity (Wildman–Crippen MR) is 77.7 cm³/mol. The lowest BCUT2D eigenvalue weighted by atomic mass is 10.2. The number of rotatable bonds is 7. The second kappa shape index (κ2) is 8.02. The minimum absolute atomic E-state index is 0.0932. The number of carbonyl (C=O) groups excluding carboxylic acids is 1. The molecule has 1 amide bonds. The van der Waals surface area contributed by atoms with Gasteiger partial charge in [0.25, 0.3) is 5.91 Å². The number of ether oxygens (including phenoxy) is 1. The van der Waals surface area contributed by atoms with Crippen molar-refractivity contribution in [3.05, 3.63) is 29.3 Å². The molecule has 0 aliphatic carbocycles. The Hall–Kier alpha value is -1.26. The van der Waals surface area contributed by atoms with Crippen LogP contribution in [0.25, 0.3) is 0 Å². The standard InChI is InChI=1S/C14H21ClN2O2/c1-4-13(14(18)16-8-9-17(2)3)19-12-7-5-6-11(15)10-12/h5-7,10,13H,4,8-9H2,1-3H3,(H,16,18). The maximum atomic E-state index is 12.0. The zero-order chi connectivity index (χ0) is 14.3. The number of carbonyl (C=O) groups is 1. The summed E-state index contributed by atoms with van der Waals surface area (Å²) in [7, 11) is 3.93. The zero-order valence-electron chi connectivity index (χ0n) is 11.6. The van der Waals surface area contributed by atoms with Crippen LogP contribution in [0.4, 0.5) is 0 Å². The lowest BCUT2D eigenvalue weighted by Gasteiger charge is -2.18. The number of amides is 1. The van der Waals surface area contributed by atoms with E-state index in [9.17, 15) is 4.79 Å². The third-order valence-electron chi connectivity index (χ3n) is 2.60. The van der Waals surface area contributed by atoms with E-state index < -0.39 is 6.10 Å². The first-order valence-electron chi connectivity index (χ1n) is 6.37. The Labute approximate surface area is 119 Å². The highest BCUT2D eigenvalue weighted by Crippen LogP contribution is 2.19. The Morgan fingerprint density at radius 2 is 2.21 bits per heavy atom. The van der Waals surface area contributed by atoms with Crippen LogP contribution in [0.5, 0.6) is 5.75 Å². The van der Waals surface area contributed by atoms with Gasteiger partial charge in [0.15, 0.2) is 6.10 Å². The van der Waals surface area contributed by atoms with E-state index in [4.69, 9.17) is 16.3 Å². The average Bonchev–Trinajstić information content (AvgIpc) is 2.35. The van der Waals surface area contributed by atoms with Crippen LogP contribution in [0.1, 0.15) is 13.3 Å². The molecule has 1 unspecified atom stereocenters. The minimum atomic E-state index is -0.486. The van der Waals surface area contributed by atoms with Gasteiger partial charge in [-0.2, -0.15) is 0 Å². The molecule has 0 fully saturated rings. The van der Waals surface area contributed by atoms with Crippen LogP contribution in [0.3, 0.4) is 0 Å². The summed E-state index contributed by atoms with van der Waals surface area (Å²) in [5, 5.41) is 3.46. The summed E-state index contributed by atoms with van der Waals surface area (Å²) in [6, 6.07) is 7.07. The fourth-order valence-electron chi connectivity index (χ4n) is 1.54. The molecular weight excluding hydrogens is 264 g/mol. The van der Waals surface area contributed by atoms with E-state index in [1.165, 1.54) is 0 Å². The number of benzene rings is 1. The topological polar surface area (TPSA) is 41.6 Å². The highest BCUT2D eigenvalue weighted by atomic mass is 35.5. The zero-order valence-corrected chi connectivity index (χ0v) is 12.4. The van der Waals surface area contributed by atoms with Crippen molar-refractivity contribution in [3.63, 3.8) is 0 Å². The van der Waals surface area contributed by atoms with Crippen LogP contribution in [0.2, 0.25) is 5.02 Å². The first-order chi connectivity index (χ1) is 9.02. The summed E-state index contributed by atoms with van der Waals surface area (Å²) in [6.07, 6.45) is 0.126. The quantitative estimate of drug-likeness (QED) is 0.834. The van der Waals surface area contributed by atoms with E-state index in [2.05, 4.69) is 5.32 Å². The van der Waals surface area contributed by atoms with E-state index in [0.717, 1.165) is 6.54 Å². The van der Waals surface area contributed by atoms with Crippen LogP contribution >= 0.6 is 11.6 Å². The Morgan fingerprint density at radius 1 is 1.47 bits per heavy atom. The Kier molecular flexibility index (Phi) is 6.67. The average molecular weight is 285 g/mol. The van der Waals surface area contributed by atoms with Crippen molar-refractivity contribution in [3.8, 4) is 5.75 Å². The highest BCUT2D eigenvalue weighted by Gasteiger charge is 2.17. The molecule has 1 aromatic rings. The number of nitrogens with one attached hydrogen (secondary N) is 1. The molecule has 0 aliphatic heterocycles. The molecule has 1 aromatic carbocycles. The molecule has 1 atom stereocenters.